The van der Waals surface area contributed by atoms with Crippen molar-refractivity contribution in [1.29, 1.82) is 0 Å². The van der Waals surface area contributed by atoms with Gasteiger partial charge in [-0.3, -0.25) is 4.98 Å². The second kappa shape index (κ2) is 6.90. The summed E-state index contributed by atoms with van der Waals surface area (Å²) >= 11 is 12.2. The lowest BCUT2D eigenvalue weighted by molar-refractivity contribution is 0.549. The zero-order valence-corrected chi connectivity index (χ0v) is 12.2. The lowest BCUT2D eigenvalue weighted by atomic mass is 9.99. The number of nitrogens with one attached hydrogen (secondary N) is 1. The Morgan fingerprint density at radius 3 is 2.32 bits per heavy atom. The van der Waals surface area contributed by atoms with Gasteiger partial charge in [0, 0.05) is 28.5 Å². The van der Waals surface area contributed by atoms with Crippen molar-refractivity contribution in [2.24, 2.45) is 0 Å². The minimum atomic E-state index is 0.198. The Kier molecular flexibility index (Phi) is 5.20. The molecule has 1 atom stereocenters. The van der Waals surface area contributed by atoms with E-state index in [1.165, 1.54) is 5.56 Å². The number of rotatable bonds is 5. The fourth-order valence-electron chi connectivity index (χ4n) is 2.09. The molecule has 100 valence electrons. The van der Waals surface area contributed by atoms with Crippen LogP contribution in [0.4, 0.5) is 0 Å². The minimum absolute atomic E-state index is 0.198. The molecule has 1 unspecified atom stereocenters. The summed E-state index contributed by atoms with van der Waals surface area (Å²) in [4.78, 5) is 4.04. The Bertz CT molecular complexity index is 509. The zero-order valence-electron chi connectivity index (χ0n) is 10.7. The number of nitrogens with zero attached hydrogens (tertiary/aromatic N) is 1. The highest BCUT2D eigenvalue weighted by molar-refractivity contribution is 6.34. The molecule has 4 heteroatoms. The van der Waals surface area contributed by atoms with Crippen molar-refractivity contribution in [3.63, 3.8) is 0 Å². The van der Waals surface area contributed by atoms with Crippen LogP contribution in [0.25, 0.3) is 0 Å². The maximum Gasteiger partial charge on any atom is 0.0424 e. The molecule has 0 spiro atoms. The number of hydrogen-bond acceptors (Lipinski definition) is 2. The average molecular weight is 295 g/mol. The maximum atomic E-state index is 6.08. The first-order chi connectivity index (χ1) is 9.19. The van der Waals surface area contributed by atoms with Crippen LogP contribution >= 0.6 is 23.2 Å². The van der Waals surface area contributed by atoms with Crippen LogP contribution in [0.1, 0.15) is 24.1 Å². The van der Waals surface area contributed by atoms with Gasteiger partial charge < -0.3 is 5.32 Å². The van der Waals surface area contributed by atoms with Gasteiger partial charge in [-0.05, 0) is 54.4 Å². The number of hydrogen-bond donors (Lipinski definition) is 1. The lowest BCUT2D eigenvalue weighted by Gasteiger charge is -2.19. The highest BCUT2D eigenvalue weighted by Gasteiger charge is 2.12. The van der Waals surface area contributed by atoms with Crippen molar-refractivity contribution in [2.75, 3.05) is 6.54 Å². The molecule has 0 fully saturated rings. The molecule has 0 saturated heterocycles. The molecule has 2 rings (SSSR count). The van der Waals surface area contributed by atoms with Gasteiger partial charge in [0.05, 0.1) is 0 Å². The topological polar surface area (TPSA) is 24.9 Å². The van der Waals surface area contributed by atoms with Crippen molar-refractivity contribution in [3.8, 4) is 0 Å². The maximum absolute atomic E-state index is 6.08. The summed E-state index contributed by atoms with van der Waals surface area (Å²) in [7, 11) is 0. The highest BCUT2D eigenvalue weighted by Crippen LogP contribution is 2.25. The van der Waals surface area contributed by atoms with Crippen molar-refractivity contribution < 1.29 is 0 Å². The quantitative estimate of drug-likeness (QED) is 0.890. The third-order valence-electron chi connectivity index (χ3n) is 2.93. The third-order valence-corrected chi connectivity index (χ3v) is 3.36. The summed E-state index contributed by atoms with van der Waals surface area (Å²) in [6.07, 6.45) is 4.50. The molecule has 1 N–H and O–H groups in total. The molecule has 2 nitrogen and oxygen atoms in total. The van der Waals surface area contributed by atoms with Gasteiger partial charge in [-0.25, -0.2) is 0 Å². The van der Waals surface area contributed by atoms with Gasteiger partial charge in [0.1, 0.15) is 0 Å². The number of aromatic nitrogens is 1. The Balaban J connectivity index is 2.24. The number of halogens is 2. The van der Waals surface area contributed by atoms with E-state index in [0.29, 0.717) is 10.0 Å². The highest BCUT2D eigenvalue weighted by atomic mass is 35.5. The Morgan fingerprint density at radius 2 is 1.74 bits per heavy atom. The summed E-state index contributed by atoms with van der Waals surface area (Å²) < 4.78 is 0. The molecule has 19 heavy (non-hydrogen) atoms. The van der Waals surface area contributed by atoms with Crippen LogP contribution in [0, 0.1) is 0 Å². The first kappa shape index (κ1) is 14.3. The first-order valence-corrected chi connectivity index (χ1v) is 7.03. The molecular formula is C15H16Cl2N2. The van der Waals surface area contributed by atoms with Crippen LogP contribution in [0.5, 0.6) is 0 Å². The molecule has 0 saturated carbocycles. The molecule has 2 aromatic rings. The molecule has 1 aromatic carbocycles. The third kappa shape index (κ3) is 4.20. The summed E-state index contributed by atoms with van der Waals surface area (Å²) in [5, 5.41) is 4.80. The SMILES string of the molecule is CCNC(Cc1ccncc1)c1cc(Cl)cc(Cl)c1. The molecule has 0 amide bonds. The van der Waals surface area contributed by atoms with Crippen molar-refractivity contribution in [3.05, 3.63) is 63.9 Å². The number of likely N-dealkylation sites (N-methyl/N-ethyl adjacent to an activating group) is 1. The van der Waals surface area contributed by atoms with Crippen LogP contribution in [-0.2, 0) is 6.42 Å². The molecule has 0 aliphatic rings. The van der Waals surface area contributed by atoms with E-state index in [0.717, 1.165) is 18.5 Å². The minimum Gasteiger partial charge on any atom is -0.310 e. The standard InChI is InChI=1S/C15H16Cl2N2/c1-2-19-15(7-11-3-5-18-6-4-11)12-8-13(16)10-14(17)9-12/h3-6,8-10,15,19H,2,7H2,1H3. The van der Waals surface area contributed by atoms with Crippen molar-refractivity contribution >= 4 is 23.2 Å². The van der Waals surface area contributed by atoms with E-state index in [4.69, 9.17) is 23.2 Å². The fourth-order valence-corrected chi connectivity index (χ4v) is 2.63. The predicted octanol–water partition coefficient (Wildman–Crippen LogP) is 4.28. The molecule has 0 bridgehead atoms. The van der Waals surface area contributed by atoms with E-state index in [1.807, 2.05) is 36.7 Å². The van der Waals surface area contributed by atoms with Crippen LogP contribution in [0.2, 0.25) is 10.0 Å². The summed E-state index contributed by atoms with van der Waals surface area (Å²) in [6, 6.07) is 9.92. The summed E-state index contributed by atoms with van der Waals surface area (Å²) in [5.41, 5.74) is 2.34. The number of benzene rings is 1. The Labute approximate surface area is 123 Å². The van der Waals surface area contributed by atoms with Gasteiger partial charge in [0.25, 0.3) is 0 Å². The predicted molar refractivity (Wildman–Crippen MR) is 80.8 cm³/mol. The normalized spacial score (nSPS) is 12.4. The van der Waals surface area contributed by atoms with Crippen LogP contribution in [0.3, 0.4) is 0 Å². The fraction of sp³-hybridized carbons (Fsp3) is 0.267. The monoisotopic (exact) mass is 294 g/mol. The molecule has 0 radical (unpaired) electrons. The average Bonchev–Trinajstić information content (AvgIpc) is 2.38. The molecule has 1 aromatic heterocycles. The van der Waals surface area contributed by atoms with Gasteiger partial charge in [0.2, 0.25) is 0 Å². The molecule has 0 aliphatic heterocycles. The van der Waals surface area contributed by atoms with Crippen LogP contribution in [0.15, 0.2) is 42.7 Å². The molecular weight excluding hydrogens is 279 g/mol. The van der Waals surface area contributed by atoms with E-state index in [9.17, 15) is 0 Å². The van der Waals surface area contributed by atoms with Gasteiger partial charge in [-0.2, -0.15) is 0 Å². The molecule has 1 heterocycles. The van der Waals surface area contributed by atoms with E-state index in [1.54, 1.807) is 6.07 Å². The van der Waals surface area contributed by atoms with E-state index in [-0.39, 0.29) is 6.04 Å². The molecule has 0 aliphatic carbocycles. The van der Waals surface area contributed by atoms with Gasteiger partial charge >= 0.3 is 0 Å². The largest absolute Gasteiger partial charge is 0.310 e. The first-order valence-electron chi connectivity index (χ1n) is 6.27. The second-order valence-electron chi connectivity index (χ2n) is 4.37. The van der Waals surface area contributed by atoms with E-state index < -0.39 is 0 Å². The van der Waals surface area contributed by atoms with E-state index in [2.05, 4.69) is 17.2 Å². The van der Waals surface area contributed by atoms with Crippen LogP contribution < -0.4 is 5.32 Å². The smallest absolute Gasteiger partial charge is 0.0424 e. The summed E-state index contributed by atoms with van der Waals surface area (Å²) in [6.45, 7) is 2.98. The number of pyridine rings is 1. The zero-order chi connectivity index (χ0) is 13.7. The van der Waals surface area contributed by atoms with Gasteiger partial charge in [-0.1, -0.05) is 30.1 Å². The summed E-state index contributed by atoms with van der Waals surface area (Å²) in [5.74, 6) is 0. The van der Waals surface area contributed by atoms with Gasteiger partial charge in [-0.15, -0.1) is 0 Å². The van der Waals surface area contributed by atoms with Crippen LogP contribution in [-0.4, -0.2) is 11.5 Å². The van der Waals surface area contributed by atoms with Crippen molar-refractivity contribution in [1.82, 2.24) is 10.3 Å². The Hall–Kier alpha value is -1.09. The van der Waals surface area contributed by atoms with E-state index >= 15 is 0 Å². The van der Waals surface area contributed by atoms with Crippen molar-refractivity contribution in [2.45, 2.75) is 19.4 Å². The van der Waals surface area contributed by atoms with Gasteiger partial charge in [0.15, 0.2) is 0 Å². The Morgan fingerprint density at radius 1 is 1.11 bits per heavy atom. The lowest BCUT2D eigenvalue weighted by Crippen LogP contribution is -2.23. The second-order valence-corrected chi connectivity index (χ2v) is 5.25.